The summed E-state index contributed by atoms with van der Waals surface area (Å²) in [5.41, 5.74) is 6.27. The number of nitrogens with one attached hydrogen (secondary N) is 1. The number of aliphatic hydroxyl groups is 1. The van der Waals surface area contributed by atoms with Gasteiger partial charge in [-0.05, 0) is 30.7 Å². The van der Waals surface area contributed by atoms with E-state index in [1.54, 1.807) is 34.3 Å². The van der Waals surface area contributed by atoms with Gasteiger partial charge in [-0.15, -0.1) is 11.3 Å². The molecule has 2 N–H and O–H groups in total. The average molecular weight is 496 g/mol. The number of thiazole rings is 1. The van der Waals surface area contributed by atoms with Crippen LogP contribution in [0.3, 0.4) is 0 Å². The molecule has 0 saturated carbocycles. The third-order valence-corrected chi connectivity index (χ3v) is 5.95. The summed E-state index contributed by atoms with van der Waals surface area (Å²) in [6.07, 6.45) is -2.00. The van der Waals surface area contributed by atoms with Crippen molar-refractivity contribution in [2.75, 3.05) is 5.32 Å². The standard InChI is InChI=1S/C23H18F2N6O3S/c1-12-2-3-14(22-29-20(34-30-22)8-18(32)21(24)25)6-15(12)28-23(33)17-9-26-19-7-13(4-5-31(17)19)16-10-35-11-27-16/h2-7,9-11,18,21,32H,8H2,1H3,(H,28,33). The summed E-state index contributed by atoms with van der Waals surface area (Å²) < 4.78 is 31.8. The quantitative estimate of drug-likeness (QED) is 0.346. The monoisotopic (exact) mass is 496 g/mol. The highest BCUT2D eigenvalue weighted by Crippen LogP contribution is 2.25. The lowest BCUT2D eigenvalue weighted by Crippen LogP contribution is -2.20. The second kappa shape index (κ2) is 9.31. The molecule has 5 aromatic rings. The van der Waals surface area contributed by atoms with Crippen LogP contribution in [0.25, 0.3) is 28.3 Å². The molecule has 4 aromatic heterocycles. The lowest BCUT2D eigenvalue weighted by molar-refractivity contribution is -0.00754. The SMILES string of the molecule is Cc1ccc(-c2noc(CC(O)C(F)F)n2)cc1NC(=O)c1cnc2cc(-c3cscn3)ccn12. The summed E-state index contributed by atoms with van der Waals surface area (Å²) >= 11 is 1.50. The molecule has 1 aromatic carbocycles. The summed E-state index contributed by atoms with van der Waals surface area (Å²) in [6, 6.07) is 8.87. The van der Waals surface area contributed by atoms with Gasteiger partial charge >= 0.3 is 0 Å². The van der Waals surface area contributed by atoms with E-state index in [0.29, 0.717) is 22.6 Å². The van der Waals surface area contributed by atoms with Gasteiger partial charge in [0.15, 0.2) is 0 Å². The molecule has 0 radical (unpaired) electrons. The largest absolute Gasteiger partial charge is 0.387 e. The molecule has 35 heavy (non-hydrogen) atoms. The zero-order valence-electron chi connectivity index (χ0n) is 18.2. The molecule has 1 atom stereocenters. The number of nitrogens with zero attached hydrogens (tertiary/aromatic N) is 5. The van der Waals surface area contributed by atoms with Crippen LogP contribution in [0.15, 0.2) is 58.1 Å². The Morgan fingerprint density at radius 2 is 2.09 bits per heavy atom. The normalized spacial score (nSPS) is 12.4. The Balaban J connectivity index is 1.37. The van der Waals surface area contributed by atoms with E-state index >= 15 is 0 Å². The first kappa shape index (κ1) is 22.7. The number of fused-ring (bicyclic) bond motifs is 1. The molecular weight excluding hydrogens is 478 g/mol. The smallest absolute Gasteiger partial charge is 0.274 e. The van der Waals surface area contributed by atoms with Crippen LogP contribution in [0, 0.1) is 6.92 Å². The van der Waals surface area contributed by atoms with E-state index in [9.17, 15) is 18.7 Å². The van der Waals surface area contributed by atoms with Gasteiger partial charge in [0.05, 0.1) is 23.8 Å². The summed E-state index contributed by atoms with van der Waals surface area (Å²) in [6.45, 7) is 1.83. The Hall–Kier alpha value is -4.03. The van der Waals surface area contributed by atoms with E-state index < -0.39 is 19.0 Å². The number of aromatic nitrogens is 5. The Bertz CT molecular complexity index is 1500. The highest BCUT2D eigenvalue weighted by Gasteiger charge is 2.21. The Labute approximate surface area is 201 Å². The summed E-state index contributed by atoms with van der Waals surface area (Å²) in [7, 11) is 0. The fraction of sp³-hybridized carbons (Fsp3) is 0.174. The van der Waals surface area contributed by atoms with E-state index in [1.807, 2.05) is 24.4 Å². The number of benzene rings is 1. The van der Waals surface area contributed by atoms with Crippen molar-refractivity contribution in [3.05, 3.63) is 70.8 Å². The molecule has 5 rings (SSSR count). The summed E-state index contributed by atoms with van der Waals surface area (Å²) in [5.74, 6) is -0.323. The first-order valence-corrected chi connectivity index (χ1v) is 11.4. The van der Waals surface area contributed by atoms with Crippen LogP contribution in [0.1, 0.15) is 21.9 Å². The molecule has 0 saturated heterocycles. The number of rotatable bonds is 7. The molecule has 4 heterocycles. The van der Waals surface area contributed by atoms with Crippen molar-refractivity contribution in [1.29, 1.82) is 0 Å². The molecule has 0 aliphatic carbocycles. The molecular formula is C23H18F2N6O3S. The third-order valence-electron chi connectivity index (χ3n) is 5.36. The van der Waals surface area contributed by atoms with Gasteiger partial charge in [-0.1, -0.05) is 17.3 Å². The number of anilines is 1. The van der Waals surface area contributed by atoms with Gasteiger partial charge in [0.1, 0.15) is 17.4 Å². The minimum atomic E-state index is -2.91. The first-order chi connectivity index (χ1) is 16.9. The van der Waals surface area contributed by atoms with Gasteiger partial charge in [-0.2, -0.15) is 4.98 Å². The Kier molecular flexibility index (Phi) is 6.05. The second-order valence-corrected chi connectivity index (χ2v) is 8.48. The van der Waals surface area contributed by atoms with Gasteiger partial charge in [0.2, 0.25) is 11.7 Å². The molecule has 1 unspecified atom stereocenters. The van der Waals surface area contributed by atoms with Gasteiger partial charge < -0.3 is 14.9 Å². The topological polar surface area (TPSA) is 118 Å². The zero-order chi connectivity index (χ0) is 24.5. The van der Waals surface area contributed by atoms with Crippen molar-refractivity contribution in [2.45, 2.75) is 25.9 Å². The maximum absolute atomic E-state index is 13.1. The average Bonchev–Trinajstić information content (AvgIpc) is 3.61. The van der Waals surface area contributed by atoms with Crippen LogP contribution < -0.4 is 5.32 Å². The highest BCUT2D eigenvalue weighted by atomic mass is 32.1. The number of hydrogen-bond donors (Lipinski definition) is 2. The van der Waals surface area contributed by atoms with Crippen LogP contribution >= 0.6 is 11.3 Å². The predicted octanol–water partition coefficient (Wildman–Crippen LogP) is 4.24. The minimum absolute atomic E-state index is 0.110. The first-order valence-electron chi connectivity index (χ1n) is 10.5. The van der Waals surface area contributed by atoms with Gasteiger partial charge in [-0.3, -0.25) is 9.20 Å². The molecule has 9 nitrogen and oxygen atoms in total. The van der Waals surface area contributed by atoms with Gasteiger partial charge in [0, 0.05) is 28.4 Å². The number of aliphatic hydroxyl groups excluding tert-OH is 1. The predicted molar refractivity (Wildman–Crippen MR) is 124 cm³/mol. The minimum Gasteiger partial charge on any atom is -0.387 e. The molecule has 178 valence electrons. The number of imidazole rings is 1. The zero-order valence-corrected chi connectivity index (χ0v) is 19.0. The fourth-order valence-corrected chi connectivity index (χ4v) is 4.03. The number of pyridine rings is 1. The lowest BCUT2D eigenvalue weighted by atomic mass is 10.1. The lowest BCUT2D eigenvalue weighted by Gasteiger charge is -2.10. The number of aryl methyl sites for hydroxylation is 1. The van der Waals surface area contributed by atoms with Crippen LogP contribution in [0.5, 0.6) is 0 Å². The van der Waals surface area contributed by atoms with E-state index in [2.05, 4.69) is 25.4 Å². The summed E-state index contributed by atoms with van der Waals surface area (Å²) in [4.78, 5) is 25.8. The van der Waals surface area contributed by atoms with Crippen molar-refractivity contribution in [2.24, 2.45) is 0 Å². The maximum atomic E-state index is 13.1. The van der Waals surface area contributed by atoms with E-state index in [-0.39, 0.29) is 17.6 Å². The van der Waals surface area contributed by atoms with Crippen LogP contribution in [0.4, 0.5) is 14.5 Å². The number of hydrogen-bond acceptors (Lipinski definition) is 8. The molecule has 0 fully saturated rings. The van der Waals surface area contributed by atoms with E-state index in [0.717, 1.165) is 16.8 Å². The second-order valence-electron chi connectivity index (χ2n) is 7.76. The number of carbonyl (C=O) groups is 1. The maximum Gasteiger partial charge on any atom is 0.274 e. The number of carbonyl (C=O) groups excluding carboxylic acids is 1. The van der Waals surface area contributed by atoms with Gasteiger partial charge in [0.25, 0.3) is 12.3 Å². The van der Waals surface area contributed by atoms with Crippen molar-refractivity contribution in [1.82, 2.24) is 24.5 Å². The molecule has 12 heteroatoms. The number of halogens is 2. The third kappa shape index (κ3) is 4.66. The Morgan fingerprint density at radius 3 is 2.86 bits per heavy atom. The molecule has 1 amide bonds. The highest BCUT2D eigenvalue weighted by molar-refractivity contribution is 7.07. The van der Waals surface area contributed by atoms with Crippen molar-refractivity contribution >= 4 is 28.6 Å². The van der Waals surface area contributed by atoms with Crippen LogP contribution in [-0.2, 0) is 6.42 Å². The van der Waals surface area contributed by atoms with E-state index in [4.69, 9.17) is 4.52 Å². The molecule has 0 aliphatic rings. The van der Waals surface area contributed by atoms with Gasteiger partial charge in [-0.25, -0.2) is 18.7 Å². The molecule has 0 aliphatic heterocycles. The van der Waals surface area contributed by atoms with Crippen molar-refractivity contribution in [3.63, 3.8) is 0 Å². The van der Waals surface area contributed by atoms with Crippen LogP contribution in [0.2, 0.25) is 0 Å². The van der Waals surface area contributed by atoms with Crippen molar-refractivity contribution in [3.8, 4) is 22.6 Å². The fourth-order valence-electron chi connectivity index (χ4n) is 3.47. The number of amides is 1. The van der Waals surface area contributed by atoms with E-state index in [1.165, 1.54) is 17.5 Å². The van der Waals surface area contributed by atoms with Crippen LogP contribution in [-0.4, -0.2) is 48.1 Å². The number of alkyl halides is 2. The molecule has 0 spiro atoms. The molecule has 0 bridgehead atoms. The Morgan fingerprint density at radius 1 is 1.23 bits per heavy atom. The van der Waals surface area contributed by atoms with Crippen molar-refractivity contribution < 1.29 is 23.2 Å². The summed E-state index contributed by atoms with van der Waals surface area (Å²) in [5, 5.41) is 17.9.